The molecule has 1 aliphatic rings. The molecule has 0 radical (unpaired) electrons. The summed E-state index contributed by atoms with van der Waals surface area (Å²) in [7, 11) is 3.77. The van der Waals surface area contributed by atoms with Crippen molar-refractivity contribution in [3.8, 4) is 0 Å². The van der Waals surface area contributed by atoms with Gasteiger partial charge in [-0.2, -0.15) is 5.10 Å². The molecule has 0 aliphatic carbocycles. The second-order valence-electron chi connectivity index (χ2n) is 5.65. The third-order valence-corrected chi connectivity index (χ3v) is 4.19. The minimum absolute atomic E-state index is 0.717. The molecule has 1 fully saturated rings. The number of aryl methyl sites for hydroxylation is 1. The summed E-state index contributed by atoms with van der Waals surface area (Å²) in [6.45, 7) is 7.57. The Morgan fingerprint density at radius 2 is 2.33 bits per heavy atom. The zero-order valence-corrected chi connectivity index (χ0v) is 13.5. The molecule has 1 aliphatic heterocycles. The van der Waals surface area contributed by atoms with Crippen LogP contribution in [0.4, 0.5) is 0 Å². The molecule has 1 atom stereocenters. The molecule has 0 bridgehead atoms. The van der Waals surface area contributed by atoms with Crippen LogP contribution in [0.5, 0.6) is 0 Å². The van der Waals surface area contributed by atoms with Gasteiger partial charge >= 0.3 is 0 Å². The lowest BCUT2D eigenvalue weighted by atomic mass is 9.98. The molecular formula is C15H28N6. The van der Waals surface area contributed by atoms with E-state index < -0.39 is 0 Å². The average molecular weight is 292 g/mol. The fourth-order valence-corrected chi connectivity index (χ4v) is 2.82. The van der Waals surface area contributed by atoms with Crippen LogP contribution in [-0.2, 0) is 13.6 Å². The normalized spacial score (nSPS) is 20.5. The lowest BCUT2D eigenvalue weighted by molar-refractivity contribution is 0.183. The molecule has 0 amide bonds. The van der Waals surface area contributed by atoms with E-state index in [0.717, 1.165) is 31.3 Å². The minimum Gasteiger partial charge on any atom is -0.356 e. The summed E-state index contributed by atoms with van der Waals surface area (Å²) in [4.78, 5) is 6.82. The Kier molecular flexibility index (Phi) is 6.04. The molecule has 6 heteroatoms. The number of aromatic nitrogens is 2. The van der Waals surface area contributed by atoms with Crippen molar-refractivity contribution in [2.24, 2.45) is 18.0 Å². The summed E-state index contributed by atoms with van der Waals surface area (Å²) in [5.41, 5.74) is 1.15. The maximum absolute atomic E-state index is 4.29. The van der Waals surface area contributed by atoms with E-state index in [1.165, 1.54) is 25.9 Å². The number of nitrogens with zero attached hydrogens (tertiary/aromatic N) is 4. The van der Waals surface area contributed by atoms with Crippen molar-refractivity contribution in [3.63, 3.8) is 0 Å². The highest BCUT2D eigenvalue weighted by molar-refractivity contribution is 5.79. The van der Waals surface area contributed by atoms with Gasteiger partial charge in [-0.05, 0) is 37.9 Å². The highest BCUT2D eigenvalue weighted by Crippen LogP contribution is 2.15. The zero-order chi connectivity index (χ0) is 15.1. The Bertz CT molecular complexity index is 453. The van der Waals surface area contributed by atoms with Crippen molar-refractivity contribution in [1.29, 1.82) is 0 Å². The zero-order valence-electron chi connectivity index (χ0n) is 13.5. The van der Waals surface area contributed by atoms with Crippen molar-refractivity contribution in [1.82, 2.24) is 25.3 Å². The fraction of sp³-hybridized carbons (Fsp3) is 0.733. The Balaban J connectivity index is 1.74. The third-order valence-electron chi connectivity index (χ3n) is 4.19. The number of rotatable bonds is 5. The number of piperidine rings is 1. The van der Waals surface area contributed by atoms with Crippen LogP contribution in [0.25, 0.3) is 0 Å². The number of likely N-dealkylation sites (tertiary alicyclic amines) is 1. The highest BCUT2D eigenvalue weighted by Gasteiger charge is 2.18. The van der Waals surface area contributed by atoms with Gasteiger partial charge < -0.3 is 15.5 Å². The first-order valence-corrected chi connectivity index (χ1v) is 7.86. The Hall–Kier alpha value is -1.56. The van der Waals surface area contributed by atoms with Gasteiger partial charge in [0, 0.05) is 33.4 Å². The van der Waals surface area contributed by atoms with Crippen LogP contribution >= 0.6 is 0 Å². The van der Waals surface area contributed by atoms with E-state index in [1.54, 1.807) is 0 Å². The largest absolute Gasteiger partial charge is 0.356 e. The van der Waals surface area contributed by atoms with Gasteiger partial charge in [-0.3, -0.25) is 9.67 Å². The highest BCUT2D eigenvalue weighted by atomic mass is 15.3. The Labute approximate surface area is 127 Å². The van der Waals surface area contributed by atoms with Crippen molar-refractivity contribution in [3.05, 3.63) is 18.0 Å². The average Bonchev–Trinajstić information content (AvgIpc) is 2.93. The first-order chi connectivity index (χ1) is 10.2. The van der Waals surface area contributed by atoms with Gasteiger partial charge in [-0.25, -0.2) is 0 Å². The lowest BCUT2D eigenvalue weighted by Crippen LogP contribution is -2.44. The fourth-order valence-electron chi connectivity index (χ4n) is 2.82. The van der Waals surface area contributed by atoms with Gasteiger partial charge in [0.25, 0.3) is 0 Å². The topological polar surface area (TPSA) is 57.5 Å². The van der Waals surface area contributed by atoms with E-state index in [9.17, 15) is 0 Å². The van der Waals surface area contributed by atoms with Gasteiger partial charge in [-0.15, -0.1) is 0 Å². The number of hydrogen-bond donors (Lipinski definition) is 2. The van der Waals surface area contributed by atoms with Gasteiger partial charge in [0.05, 0.1) is 12.2 Å². The standard InChI is InChI=1S/C15H28N6/c1-4-21-9-5-6-13(12-21)10-17-15(16-2)18-11-14-7-8-19-20(14)3/h7-8,13H,4-6,9-12H2,1-3H3,(H2,16,17,18). The predicted molar refractivity (Wildman–Crippen MR) is 86.2 cm³/mol. The van der Waals surface area contributed by atoms with E-state index >= 15 is 0 Å². The molecule has 1 saturated heterocycles. The summed E-state index contributed by atoms with van der Waals surface area (Å²) < 4.78 is 1.88. The monoisotopic (exact) mass is 292 g/mol. The van der Waals surface area contributed by atoms with Crippen molar-refractivity contribution in [2.45, 2.75) is 26.3 Å². The number of nitrogens with one attached hydrogen (secondary N) is 2. The molecule has 6 nitrogen and oxygen atoms in total. The molecule has 1 aromatic heterocycles. The first-order valence-electron chi connectivity index (χ1n) is 7.86. The first kappa shape index (κ1) is 15.8. The second-order valence-corrected chi connectivity index (χ2v) is 5.65. The molecule has 1 unspecified atom stereocenters. The van der Waals surface area contributed by atoms with Crippen LogP contribution in [0.3, 0.4) is 0 Å². The molecule has 118 valence electrons. The Morgan fingerprint density at radius 3 is 3.00 bits per heavy atom. The molecule has 0 spiro atoms. The number of hydrogen-bond acceptors (Lipinski definition) is 3. The summed E-state index contributed by atoms with van der Waals surface area (Å²) in [6.07, 6.45) is 4.43. The molecule has 2 heterocycles. The smallest absolute Gasteiger partial charge is 0.191 e. The lowest BCUT2D eigenvalue weighted by Gasteiger charge is -2.32. The summed E-state index contributed by atoms with van der Waals surface area (Å²) >= 11 is 0. The SMILES string of the molecule is CCN1CCCC(CNC(=NC)NCc2ccnn2C)C1. The van der Waals surface area contributed by atoms with Crippen LogP contribution in [0.2, 0.25) is 0 Å². The third kappa shape index (κ3) is 4.74. The molecule has 2 N–H and O–H groups in total. The van der Waals surface area contributed by atoms with Crippen molar-refractivity contribution >= 4 is 5.96 Å². The van der Waals surface area contributed by atoms with E-state index in [-0.39, 0.29) is 0 Å². The molecule has 1 aromatic rings. The summed E-state index contributed by atoms with van der Waals surface area (Å²) in [6, 6.07) is 2.01. The van der Waals surface area contributed by atoms with Crippen LogP contribution in [0.1, 0.15) is 25.5 Å². The quantitative estimate of drug-likeness (QED) is 0.623. The summed E-state index contributed by atoms with van der Waals surface area (Å²) in [5.74, 6) is 1.58. The van der Waals surface area contributed by atoms with Crippen molar-refractivity contribution < 1.29 is 0 Å². The maximum Gasteiger partial charge on any atom is 0.191 e. The van der Waals surface area contributed by atoms with E-state index in [0.29, 0.717) is 5.92 Å². The van der Waals surface area contributed by atoms with Crippen LogP contribution in [0, 0.1) is 5.92 Å². The number of aliphatic imine (C=N–C) groups is 1. The van der Waals surface area contributed by atoms with Gasteiger partial charge in [0.1, 0.15) is 0 Å². The van der Waals surface area contributed by atoms with Crippen LogP contribution in [0.15, 0.2) is 17.3 Å². The summed E-state index contributed by atoms with van der Waals surface area (Å²) in [5, 5.41) is 11.0. The molecule has 0 aromatic carbocycles. The van der Waals surface area contributed by atoms with Gasteiger partial charge in [0.2, 0.25) is 0 Å². The second kappa shape index (κ2) is 8.02. The molecular weight excluding hydrogens is 264 g/mol. The maximum atomic E-state index is 4.29. The Morgan fingerprint density at radius 1 is 1.48 bits per heavy atom. The van der Waals surface area contributed by atoms with E-state index in [4.69, 9.17) is 0 Å². The van der Waals surface area contributed by atoms with Gasteiger partial charge in [0.15, 0.2) is 5.96 Å². The number of guanidine groups is 1. The van der Waals surface area contributed by atoms with Gasteiger partial charge in [-0.1, -0.05) is 6.92 Å². The van der Waals surface area contributed by atoms with Crippen molar-refractivity contribution in [2.75, 3.05) is 33.2 Å². The van der Waals surface area contributed by atoms with Crippen LogP contribution in [-0.4, -0.2) is 53.9 Å². The van der Waals surface area contributed by atoms with E-state index in [1.807, 2.05) is 31.0 Å². The van der Waals surface area contributed by atoms with E-state index in [2.05, 4.69) is 32.5 Å². The minimum atomic E-state index is 0.717. The predicted octanol–water partition coefficient (Wildman–Crippen LogP) is 0.817. The molecule has 2 rings (SSSR count). The molecule has 0 saturated carbocycles. The molecule has 21 heavy (non-hydrogen) atoms. The van der Waals surface area contributed by atoms with Crippen LogP contribution < -0.4 is 10.6 Å².